The van der Waals surface area contributed by atoms with Gasteiger partial charge in [0, 0.05) is 13.1 Å². The molecule has 0 saturated carbocycles. The zero-order chi connectivity index (χ0) is 13.4. The minimum absolute atomic E-state index is 0.0266. The number of carbonyl (C=O) groups is 1. The Morgan fingerprint density at radius 2 is 1.82 bits per heavy atom. The summed E-state index contributed by atoms with van der Waals surface area (Å²) in [5.74, 6) is 0.827. The fourth-order valence-corrected chi connectivity index (χ4v) is 2.83. The van der Waals surface area contributed by atoms with Gasteiger partial charge in [0.25, 0.3) is 0 Å². The highest BCUT2D eigenvalue weighted by molar-refractivity contribution is 5.91. The van der Waals surface area contributed by atoms with Crippen LogP contribution in [0.15, 0.2) is 0 Å². The Morgan fingerprint density at radius 3 is 2.18 bits per heavy atom. The van der Waals surface area contributed by atoms with Crippen LogP contribution in [0.1, 0.15) is 41.5 Å². The lowest BCUT2D eigenvalue weighted by Crippen LogP contribution is -2.40. The van der Waals surface area contributed by atoms with E-state index < -0.39 is 5.60 Å². The van der Waals surface area contributed by atoms with Gasteiger partial charge in [0.15, 0.2) is 5.78 Å². The first kappa shape index (κ1) is 14.7. The number of ketones is 1. The van der Waals surface area contributed by atoms with Crippen molar-refractivity contribution in [1.82, 2.24) is 4.90 Å². The molecule has 0 aromatic heterocycles. The summed E-state index contributed by atoms with van der Waals surface area (Å²) in [5.41, 5.74) is -0.987. The van der Waals surface area contributed by atoms with Crippen molar-refractivity contribution in [2.45, 2.75) is 52.7 Å². The van der Waals surface area contributed by atoms with E-state index in [-0.39, 0.29) is 17.3 Å². The molecule has 1 heterocycles. The van der Waals surface area contributed by atoms with Crippen LogP contribution in [0.3, 0.4) is 0 Å². The van der Waals surface area contributed by atoms with E-state index in [0.717, 1.165) is 13.1 Å². The van der Waals surface area contributed by atoms with Gasteiger partial charge in [-0.25, -0.2) is 0 Å². The Kier molecular flexibility index (Phi) is 4.04. The fourth-order valence-electron chi connectivity index (χ4n) is 2.83. The molecule has 0 aromatic carbocycles. The van der Waals surface area contributed by atoms with Crippen molar-refractivity contribution in [1.29, 1.82) is 0 Å². The Hall–Kier alpha value is -0.410. The molecule has 0 spiro atoms. The lowest BCUT2D eigenvalue weighted by molar-refractivity contribution is -0.132. The molecule has 1 unspecified atom stereocenters. The Morgan fingerprint density at radius 1 is 1.29 bits per heavy atom. The predicted octanol–water partition coefficient (Wildman–Crippen LogP) is 2.35. The van der Waals surface area contributed by atoms with Gasteiger partial charge in [0.05, 0.1) is 11.5 Å². The van der Waals surface area contributed by atoms with Crippen molar-refractivity contribution >= 4 is 5.78 Å². The Balaban J connectivity index is 2.73. The van der Waals surface area contributed by atoms with Gasteiger partial charge in [-0.05, 0) is 40.7 Å². The highest BCUT2D eigenvalue weighted by Crippen LogP contribution is 2.39. The molecule has 1 fully saturated rings. The molecule has 0 aliphatic carbocycles. The van der Waals surface area contributed by atoms with Crippen LogP contribution in [0.4, 0.5) is 0 Å². The van der Waals surface area contributed by atoms with Gasteiger partial charge >= 0.3 is 0 Å². The van der Waals surface area contributed by atoms with Gasteiger partial charge in [0.1, 0.15) is 5.60 Å². The van der Waals surface area contributed by atoms with Crippen molar-refractivity contribution < 1.29 is 9.53 Å². The lowest BCUT2D eigenvalue weighted by atomic mass is 9.85. The van der Waals surface area contributed by atoms with Crippen LogP contribution in [-0.2, 0) is 9.53 Å². The molecule has 0 bridgehead atoms. The lowest BCUT2D eigenvalue weighted by Gasteiger charge is -2.29. The molecule has 0 aromatic rings. The van der Waals surface area contributed by atoms with Crippen molar-refractivity contribution in [2.24, 2.45) is 11.8 Å². The summed E-state index contributed by atoms with van der Waals surface area (Å²) >= 11 is 0. The van der Waals surface area contributed by atoms with E-state index in [4.69, 9.17) is 4.74 Å². The SMILES string of the molecule is CC(C)CN(C)CC1C(=O)C(C)(C)OC1(C)C. The first-order valence-electron chi connectivity index (χ1n) is 6.49. The van der Waals surface area contributed by atoms with Crippen molar-refractivity contribution in [3.8, 4) is 0 Å². The van der Waals surface area contributed by atoms with Gasteiger partial charge in [-0.2, -0.15) is 0 Å². The van der Waals surface area contributed by atoms with E-state index in [1.807, 2.05) is 27.7 Å². The minimum atomic E-state index is -0.632. The minimum Gasteiger partial charge on any atom is -0.361 e. The predicted molar refractivity (Wildman–Crippen MR) is 70.1 cm³/mol. The largest absolute Gasteiger partial charge is 0.361 e. The van der Waals surface area contributed by atoms with Crippen molar-refractivity contribution in [3.05, 3.63) is 0 Å². The number of carbonyl (C=O) groups excluding carboxylic acids is 1. The number of ether oxygens (including phenoxy) is 1. The van der Waals surface area contributed by atoms with Gasteiger partial charge < -0.3 is 9.64 Å². The summed E-state index contributed by atoms with van der Waals surface area (Å²) in [6, 6.07) is 0. The second-order valence-electron chi connectivity index (χ2n) is 6.75. The van der Waals surface area contributed by atoms with Gasteiger partial charge in [-0.15, -0.1) is 0 Å². The first-order valence-corrected chi connectivity index (χ1v) is 6.49. The Labute approximate surface area is 106 Å². The summed E-state index contributed by atoms with van der Waals surface area (Å²) in [6.45, 7) is 14.0. The molecular formula is C14H27NO2. The van der Waals surface area contributed by atoms with Crippen molar-refractivity contribution in [2.75, 3.05) is 20.1 Å². The molecule has 1 saturated heterocycles. The second-order valence-corrected chi connectivity index (χ2v) is 6.75. The molecule has 100 valence electrons. The Bertz CT molecular complexity index is 295. The van der Waals surface area contributed by atoms with E-state index in [0.29, 0.717) is 5.92 Å². The topological polar surface area (TPSA) is 29.5 Å². The summed E-state index contributed by atoms with van der Waals surface area (Å²) in [5, 5.41) is 0. The van der Waals surface area contributed by atoms with E-state index in [9.17, 15) is 4.79 Å². The number of hydrogen-bond donors (Lipinski definition) is 0. The molecule has 1 aliphatic heterocycles. The van der Waals surface area contributed by atoms with E-state index in [2.05, 4.69) is 25.8 Å². The van der Waals surface area contributed by atoms with Crippen LogP contribution < -0.4 is 0 Å². The molecule has 0 N–H and O–H groups in total. The normalized spacial score (nSPS) is 27.1. The van der Waals surface area contributed by atoms with Gasteiger partial charge in [0.2, 0.25) is 0 Å². The zero-order valence-electron chi connectivity index (χ0n) is 12.3. The van der Waals surface area contributed by atoms with Crippen LogP contribution in [-0.4, -0.2) is 42.0 Å². The van der Waals surface area contributed by atoms with E-state index >= 15 is 0 Å². The quantitative estimate of drug-likeness (QED) is 0.756. The number of nitrogens with zero attached hydrogens (tertiary/aromatic N) is 1. The third-order valence-electron chi connectivity index (χ3n) is 3.44. The van der Waals surface area contributed by atoms with E-state index in [1.165, 1.54) is 0 Å². The smallest absolute Gasteiger partial charge is 0.171 e. The van der Waals surface area contributed by atoms with Crippen LogP contribution in [0.25, 0.3) is 0 Å². The molecule has 1 atom stereocenters. The number of hydrogen-bond acceptors (Lipinski definition) is 3. The highest BCUT2D eigenvalue weighted by atomic mass is 16.5. The maximum Gasteiger partial charge on any atom is 0.171 e. The van der Waals surface area contributed by atoms with Gasteiger partial charge in [-0.1, -0.05) is 13.8 Å². The van der Waals surface area contributed by atoms with Crippen LogP contribution in [0.2, 0.25) is 0 Å². The monoisotopic (exact) mass is 241 g/mol. The summed E-state index contributed by atoms with van der Waals surface area (Å²) in [6.07, 6.45) is 0. The average molecular weight is 241 g/mol. The van der Waals surface area contributed by atoms with E-state index in [1.54, 1.807) is 0 Å². The average Bonchev–Trinajstić information content (AvgIpc) is 2.22. The molecular weight excluding hydrogens is 214 g/mol. The third kappa shape index (κ3) is 3.29. The standard InChI is InChI=1S/C14H27NO2/c1-10(2)8-15(7)9-11-12(16)14(5,6)17-13(11,3)4/h10-11H,8-9H2,1-7H3. The molecule has 1 rings (SSSR count). The fraction of sp³-hybridized carbons (Fsp3) is 0.929. The van der Waals surface area contributed by atoms with Crippen LogP contribution >= 0.6 is 0 Å². The zero-order valence-corrected chi connectivity index (χ0v) is 12.3. The molecule has 1 aliphatic rings. The molecule has 3 heteroatoms. The molecule has 3 nitrogen and oxygen atoms in total. The van der Waals surface area contributed by atoms with Gasteiger partial charge in [-0.3, -0.25) is 4.79 Å². The van der Waals surface area contributed by atoms with Crippen molar-refractivity contribution in [3.63, 3.8) is 0 Å². The number of Topliss-reactive ketones (excluding diaryl/α,β-unsaturated/α-hetero) is 1. The maximum atomic E-state index is 12.3. The van der Waals surface area contributed by atoms with Crippen LogP contribution in [0, 0.1) is 11.8 Å². The first-order chi connectivity index (χ1) is 7.56. The number of rotatable bonds is 4. The van der Waals surface area contributed by atoms with Crippen LogP contribution in [0.5, 0.6) is 0 Å². The summed E-state index contributed by atoms with van der Waals surface area (Å²) < 4.78 is 5.89. The summed E-state index contributed by atoms with van der Waals surface area (Å²) in [4.78, 5) is 14.5. The molecule has 17 heavy (non-hydrogen) atoms. The maximum absolute atomic E-state index is 12.3. The molecule has 0 amide bonds. The summed E-state index contributed by atoms with van der Waals surface area (Å²) in [7, 11) is 2.08. The second kappa shape index (κ2) is 4.69. The highest BCUT2D eigenvalue weighted by Gasteiger charge is 2.53. The third-order valence-corrected chi connectivity index (χ3v) is 3.44. The molecule has 0 radical (unpaired) electrons.